The van der Waals surface area contributed by atoms with Crippen molar-refractivity contribution in [2.24, 2.45) is 13.0 Å². The van der Waals surface area contributed by atoms with E-state index in [9.17, 15) is 18.0 Å². The Morgan fingerprint density at radius 3 is 2.72 bits per heavy atom. The van der Waals surface area contributed by atoms with Crippen LogP contribution in [0.15, 0.2) is 43.2 Å². The highest BCUT2D eigenvalue weighted by molar-refractivity contribution is 7.80. The van der Waals surface area contributed by atoms with Crippen LogP contribution in [0.25, 0.3) is 0 Å². The molecule has 0 radical (unpaired) electrons. The monoisotopic (exact) mass is 654 g/mol. The number of carbonyl (C=O) groups excluding carboxylic acids is 1. The van der Waals surface area contributed by atoms with E-state index >= 15 is 0 Å². The van der Waals surface area contributed by atoms with E-state index in [1.807, 2.05) is 17.7 Å². The molecule has 2 saturated heterocycles. The van der Waals surface area contributed by atoms with Crippen molar-refractivity contribution in [3.05, 3.63) is 76.9 Å². The van der Waals surface area contributed by atoms with Crippen LogP contribution in [-0.4, -0.2) is 68.5 Å². The lowest BCUT2D eigenvalue weighted by molar-refractivity contribution is -0.138. The van der Waals surface area contributed by atoms with Crippen molar-refractivity contribution in [1.82, 2.24) is 30.0 Å². The number of halogens is 3. The number of nitrogens with zero attached hydrogens (tertiary/aromatic N) is 6. The summed E-state index contributed by atoms with van der Waals surface area (Å²) in [6.07, 6.45) is 1.25. The predicted octanol–water partition coefficient (Wildman–Crippen LogP) is 4.60. The summed E-state index contributed by atoms with van der Waals surface area (Å²) in [5, 5.41) is 14.6. The van der Waals surface area contributed by atoms with Crippen molar-refractivity contribution in [3.8, 4) is 0 Å². The number of aromatic nitrogens is 4. The van der Waals surface area contributed by atoms with Crippen molar-refractivity contribution in [2.45, 2.75) is 50.9 Å². The van der Waals surface area contributed by atoms with Crippen LogP contribution >= 0.6 is 12.2 Å². The van der Waals surface area contributed by atoms with Gasteiger partial charge in [-0.05, 0) is 78.5 Å². The number of pyridine rings is 1. The minimum absolute atomic E-state index is 0.0427. The molecule has 2 aromatic heterocycles. The van der Waals surface area contributed by atoms with Gasteiger partial charge in [-0.25, -0.2) is 4.98 Å². The van der Waals surface area contributed by atoms with Crippen molar-refractivity contribution in [1.29, 1.82) is 0 Å². The number of rotatable bonds is 9. The lowest BCUT2D eigenvalue weighted by Gasteiger charge is -2.42. The van der Waals surface area contributed by atoms with Gasteiger partial charge >= 0.3 is 6.18 Å². The van der Waals surface area contributed by atoms with Gasteiger partial charge in [0.2, 0.25) is 0 Å². The molecular weight excluding hydrogens is 617 g/mol. The molecule has 244 valence electrons. The van der Waals surface area contributed by atoms with Gasteiger partial charge in [-0.2, -0.15) is 13.2 Å². The van der Waals surface area contributed by atoms with Crippen LogP contribution in [0.5, 0.6) is 0 Å². The second-order valence-corrected chi connectivity index (χ2v) is 13.0. The van der Waals surface area contributed by atoms with E-state index in [1.54, 1.807) is 24.5 Å². The van der Waals surface area contributed by atoms with Crippen molar-refractivity contribution in [3.63, 3.8) is 0 Å². The number of benzene rings is 1. The van der Waals surface area contributed by atoms with Crippen molar-refractivity contribution in [2.75, 3.05) is 43.1 Å². The van der Waals surface area contributed by atoms with Gasteiger partial charge in [-0.15, -0.1) is 16.8 Å². The average molecular weight is 655 g/mol. The molecule has 1 aromatic carbocycles. The maximum absolute atomic E-state index is 14.5. The molecule has 2 N–H and O–H groups in total. The summed E-state index contributed by atoms with van der Waals surface area (Å²) < 4.78 is 51.0. The molecule has 14 heteroatoms. The molecule has 6 rings (SSSR count). The molecule has 1 atom stereocenters. The van der Waals surface area contributed by atoms with E-state index in [2.05, 4.69) is 44.2 Å². The quantitative estimate of drug-likeness (QED) is 0.253. The van der Waals surface area contributed by atoms with E-state index < -0.39 is 23.1 Å². The number of alkyl halides is 3. The highest BCUT2D eigenvalue weighted by atomic mass is 32.1. The Morgan fingerprint density at radius 1 is 1.26 bits per heavy atom. The second kappa shape index (κ2) is 12.7. The third kappa shape index (κ3) is 6.51. The maximum Gasteiger partial charge on any atom is 0.416 e. The molecule has 3 aromatic rings. The van der Waals surface area contributed by atoms with Gasteiger partial charge in [0, 0.05) is 44.1 Å². The van der Waals surface area contributed by atoms with E-state index in [0.717, 1.165) is 37.3 Å². The first kappa shape index (κ1) is 32.1. The Hall–Kier alpha value is -3.88. The normalized spacial score (nSPS) is 19.5. The van der Waals surface area contributed by atoms with Crippen LogP contribution in [0.2, 0.25) is 0 Å². The van der Waals surface area contributed by atoms with Crippen molar-refractivity contribution < 1.29 is 22.7 Å². The third-order valence-electron chi connectivity index (χ3n) is 8.96. The number of hydrogen-bond acceptors (Lipinski definition) is 7. The number of anilines is 2. The molecule has 0 bridgehead atoms. The van der Waals surface area contributed by atoms with Gasteiger partial charge in [0.05, 0.1) is 25.3 Å². The van der Waals surface area contributed by atoms with Crippen LogP contribution in [-0.2, 0) is 42.9 Å². The van der Waals surface area contributed by atoms with Gasteiger partial charge in [0.1, 0.15) is 23.8 Å². The predicted molar refractivity (Wildman–Crippen MR) is 171 cm³/mol. The van der Waals surface area contributed by atoms with Gasteiger partial charge in [0.15, 0.2) is 5.11 Å². The Balaban J connectivity index is 1.37. The van der Waals surface area contributed by atoms with Crippen molar-refractivity contribution >= 4 is 34.9 Å². The van der Waals surface area contributed by atoms with E-state index in [4.69, 9.17) is 17.0 Å². The number of carbonyl (C=O) groups is 1. The fourth-order valence-corrected chi connectivity index (χ4v) is 6.71. The molecule has 5 heterocycles. The standard InChI is InChI=1S/C32H37F3N8O2S/c1-4-7-36-30(46)39-26-11-22(31(17-45-18-31)13-28-40-37-19-41(28)3)12-27(38-26)43-16-24-23(29(43)44)9-21(10-25(24)32(33,34)35)15-42-8-5-6-20(2)14-42/h4,9-12,19-20H,1,5-8,13-18H2,2-3H3,(H2,36,38,39,46)/t20-/m0/s1. The summed E-state index contributed by atoms with van der Waals surface area (Å²) in [5.74, 6) is 1.26. The summed E-state index contributed by atoms with van der Waals surface area (Å²) in [6.45, 7) is 8.75. The molecule has 1 amide bonds. The van der Waals surface area contributed by atoms with Crippen LogP contribution in [0, 0.1) is 5.92 Å². The topological polar surface area (TPSA) is 100 Å². The van der Waals surface area contributed by atoms with Crippen LogP contribution in [0.1, 0.15) is 58.2 Å². The largest absolute Gasteiger partial charge is 0.416 e. The number of thiocarbonyl (C=S) groups is 1. The van der Waals surface area contributed by atoms with E-state index in [0.29, 0.717) is 50.0 Å². The summed E-state index contributed by atoms with van der Waals surface area (Å²) in [7, 11) is 1.86. The first-order valence-electron chi connectivity index (χ1n) is 15.3. The second-order valence-electron chi connectivity index (χ2n) is 12.6. The zero-order chi connectivity index (χ0) is 32.6. The number of hydrogen-bond donors (Lipinski definition) is 2. The van der Waals surface area contributed by atoms with Crippen LogP contribution in [0.3, 0.4) is 0 Å². The smallest absolute Gasteiger partial charge is 0.379 e. The minimum Gasteiger partial charge on any atom is -0.379 e. The molecule has 0 saturated carbocycles. The zero-order valence-corrected chi connectivity index (χ0v) is 26.7. The number of ether oxygens (including phenoxy) is 1. The molecule has 0 unspecified atom stereocenters. The molecular formula is C32H37F3N8O2S. The first-order valence-corrected chi connectivity index (χ1v) is 15.7. The SMILES string of the molecule is C=CCNC(=S)Nc1cc(C2(Cc3nncn3C)COC2)cc(N2Cc3c(cc(CN4CCC[C@H](C)C4)cc3C(F)(F)F)C2=O)n1. The molecule has 3 aliphatic rings. The fourth-order valence-electron chi connectivity index (χ4n) is 6.52. The lowest BCUT2D eigenvalue weighted by Crippen LogP contribution is -2.49. The number of likely N-dealkylation sites (tertiary alicyclic amines) is 1. The number of piperidine rings is 1. The fraction of sp³-hybridized carbons (Fsp3) is 0.469. The number of nitrogens with one attached hydrogen (secondary N) is 2. The Kier molecular flexibility index (Phi) is 8.87. The maximum atomic E-state index is 14.5. The molecule has 10 nitrogen and oxygen atoms in total. The molecule has 46 heavy (non-hydrogen) atoms. The number of amides is 1. The van der Waals surface area contributed by atoms with Gasteiger partial charge in [-0.1, -0.05) is 13.0 Å². The zero-order valence-electron chi connectivity index (χ0n) is 25.9. The summed E-state index contributed by atoms with van der Waals surface area (Å²) in [4.78, 5) is 22.1. The molecule has 0 aliphatic carbocycles. The number of fused-ring (bicyclic) bond motifs is 1. The molecule has 3 aliphatic heterocycles. The number of aryl methyl sites for hydroxylation is 1. The first-order chi connectivity index (χ1) is 22.0. The van der Waals surface area contributed by atoms with Crippen LogP contribution in [0.4, 0.5) is 24.8 Å². The van der Waals surface area contributed by atoms with E-state index in [-0.39, 0.29) is 28.6 Å². The van der Waals surface area contributed by atoms with Crippen LogP contribution < -0.4 is 15.5 Å². The summed E-state index contributed by atoms with van der Waals surface area (Å²) >= 11 is 5.43. The van der Waals surface area contributed by atoms with Gasteiger partial charge < -0.3 is 19.9 Å². The Labute approximate surface area is 271 Å². The highest BCUT2D eigenvalue weighted by Gasteiger charge is 2.44. The average Bonchev–Trinajstić information content (AvgIpc) is 3.54. The van der Waals surface area contributed by atoms with E-state index in [1.165, 1.54) is 11.0 Å². The third-order valence-corrected chi connectivity index (χ3v) is 9.21. The lowest BCUT2D eigenvalue weighted by atomic mass is 9.75. The molecule has 2 fully saturated rings. The minimum atomic E-state index is -4.62. The Bertz CT molecular complexity index is 1650. The summed E-state index contributed by atoms with van der Waals surface area (Å²) in [5.41, 5.74) is -0.0139. The summed E-state index contributed by atoms with van der Waals surface area (Å²) in [6, 6.07) is 6.42. The Morgan fingerprint density at radius 2 is 2.07 bits per heavy atom. The molecule has 0 spiro atoms. The van der Waals surface area contributed by atoms with Gasteiger partial charge in [-0.3, -0.25) is 14.6 Å². The van der Waals surface area contributed by atoms with Gasteiger partial charge in [0.25, 0.3) is 5.91 Å². The highest BCUT2D eigenvalue weighted by Crippen LogP contribution is 2.42.